The molecule has 0 saturated carbocycles. The highest BCUT2D eigenvalue weighted by atomic mass is 32.2. The van der Waals surface area contributed by atoms with Gasteiger partial charge in [0.1, 0.15) is 0 Å². The van der Waals surface area contributed by atoms with Crippen molar-refractivity contribution in [3.8, 4) is 0 Å². The highest BCUT2D eigenvalue weighted by Crippen LogP contribution is 2.28. The van der Waals surface area contributed by atoms with Crippen LogP contribution >= 0.6 is 0 Å². The van der Waals surface area contributed by atoms with Crippen LogP contribution in [0.25, 0.3) is 0 Å². The lowest BCUT2D eigenvalue weighted by Gasteiger charge is -2.30. The van der Waals surface area contributed by atoms with Crippen LogP contribution in [0.5, 0.6) is 0 Å². The molecular formula is C15H23N3O3S. The fourth-order valence-corrected chi connectivity index (χ4v) is 4.30. The third-order valence-corrected chi connectivity index (χ3v) is 5.90. The van der Waals surface area contributed by atoms with E-state index in [1.807, 2.05) is 12.1 Å². The van der Waals surface area contributed by atoms with Crippen LogP contribution in [0.2, 0.25) is 0 Å². The number of fused-ring (bicyclic) bond motifs is 1. The van der Waals surface area contributed by atoms with Crippen molar-refractivity contribution < 1.29 is 13.2 Å². The summed E-state index contributed by atoms with van der Waals surface area (Å²) in [5.74, 6) is 0. The molecule has 1 aromatic carbocycles. The Morgan fingerprint density at radius 3 is 2.73 bits per heavy atom. The van der Waals surface area contributed by atoms with Crippen molar-refractivity contribution in [2.75, 3.05) is 44.3 Å². The minimum Gasteiger partial charge on any atom is -0.379 e. The van der Waals surface area contributed by atoms with E-state index in [1.54, 1.807) is 0 Å². The number of benzene rings is 1. The van der Waals surface area contributed by atoms with E-state index < -0.39 is 10.2 Å². The Morgan fingerprint density at radius 1 is 1.23 bits per heavy atom. The average Bonchev–Trinajstić information content (AvgIpc) is 2.98. The SMILES string of the molecule is CC(CNS(=O)(=O)N1CCOCC1)N1CCc2ccccc21. The van der Waals surface area contributed by atoms with Crippen molar-refractivity contribution >= 4 is 15.9 Å². The monoisotopic (exact) mass is 325 g/mol. The van der Waals surface area contributed by atoms with E-state index in [2.05, 4.69) is 28.7 Å². The van der Waals surface area contributed by atoms with Crippen LogP contribution in [0, 0.1) is 0 Å². The van der Waals surface area contributed by atoms with Crippen LogP contribution in [0.1, 0.15) is 12.5 Å². The molecule has 1 fully saturated rings. The van der Waals surface area contributed by atoms with Crippen LogP contribution in [-0.2, 0) is 21.4 Å². The van der Waals surface area contributed by atoms with Crippen molar-refractivity contribution in [3.63, 3.8) is 0 Å². The Morgan fingerprint density at radius 2 is 1.95 bits per heavy atom. The fraction of sp³-hybridized carbons (Fsp3) is 0.600. The van der Waals surface area contributed by atoms with Crippen LogP contribution in [0.3, 0.4) is 0 Å². The van der Waals surface area contributed by atoms with Gasteiger partial charge >= 0.3 is 0 Å². The zero-order valence-corrected chi connectivity index (χ0v) is 13.7. The lowest BCUT2D eigenvalue weighted by atomic mass is 10.2. The first-order valence-corrected chi connectivity index (χ1v) is 9.19. The molecule has 1 unspecified atom stereocenters. The van der Waals surface area contributed by atoms with Gasteiger partial charge in [-0.15, -0.1) is 0 Å². The van der Waals surface area contributed by atoms with Crippen molar-refractivity contribution in [1.82, 2.24) is 9.03 Å². The smallest absolute Gasteiger partial charge is 0.279 e. The largest absolute Gasteiger partial charge is 0.379 e. The zero-order chi connectivity index (χ0) is 15.6. The van der Waals surface area contributed by atoms with E-state index in [9.17, 15) is 8.42 Å². The van der Waals surface area contributed by atoms with Gasteiger partial charge in [0.05, 0.1) is 13.2 Å². The maximum Gasteiger partial charge on any atom is 0.279 e. The van der Waals surface area contributed by atoms with Gasteiger partial charge in [0.15, 0.2) is 0 Å². The standard InChI is InChI=1S/C15H23N3O3S/c1-13(18-7-6-14-4-2-3-5-15(14)18)12-16-22(19,20)17-8-10-21-11-9-17/h2-5,13,16H,6-12H2,1H3. The van der Waals surface area contributed by atoms with Crippen molar-refractivity contribution in [3.05, 3.63) is 29.8 Å². The number of anilines is 1. The molecule has 2 aliphatic rings. The number of hydrogen-bond acceptors (Lipinski definition) is 4. The summed E-state index contributed by atoms with van der Waals surface area (Å²) in [6.45, 7) is 5.20. The molecule has 6 nitrogen and oxygen atoms in total. The first-order valence-electron chi connectivity index (χ1n) is 7.75. The second-order valence-electron chi connectivity index (χ2n) is 5.79. The first kappa shape index (κ1) is 15.7. The second-order valence-corrected chi connectivity index (χ2v) is 7.54. The van der Waals surface area contributed by atoms with E-state index in [-0.39, 0.29) is 6.04 Å². The van der Waals surface area contributed by atoms with Gasteiger partial charge in [-0.05, 0) is 25.0 Å². The molecule has 7 heteroatoms. The third kappa shape index (κ3) is 3.27. The first-order chi connectivity index (χ1) is 10.6. The lowest BCUT2D eigenvalue weighted by molar-refractivity contribution is 0.0725. The van der Waals surface area contributed by atoms with Crippen molar-refractivity contribution in [2.45, 2.75) is 19.4 Å². The molecule has 0 amide bonds. The highest BCUT2D eigenvalue weighted by molar-refractivity contribution is 7.87. The number of nitrogens with zero attached hydrogens (tertiary/aromatic N) is 2. The summed E-state index contributed by atoms with van der Waals surface area (Å²) in [5, 5.41) is 0. The van der Waals surface area contributed by atoms with Crippen LogP contribution in [-0.4, -0.2) is 58.2 Å². The molecule has 1 saturated heterocycles. The van der Waals surface area contributed by atoms with E-state index in [0.29, 0.717) is 32.8 Å². The molecule has 2 heterocycles. The van der Waals surface area contributed by atoms with Crippen molar-refractivity contribution in [1.29, 1.82) is 0 Å². The highest BCUT2D eigenvalue weighted by Gasteiger charge is 2.27. The number of nitrogens with one attached hydrogen (secondary N) is 1. The Labute approximate surface area is 132 Å². The second kappa shape index (κ2) is 6.54. The van der Waals surface area contributed by atoms with Gasteiger partial charge in [0, 0.05) is 37.9 Å². The lowest BCUT2D eigenvalue weighted by Crippen LogP contribution is -2.50. The predicted octanol–water partition coefficient (Wildman–Crippen LogP) is 0.604. The van der Waals surface area contributed by atoms with E-state index in [1.165, 1.54) is 15.6 Å². The molecule has 0 spiro atoms. The summed E-state index contributed by atoms with van der Waals surface area (Å²) in [6, 6.07) is 8.45. The van der Waals surface area contributed by atoms with Crippen LogP contribution in [0.4, 0.5) is 5.69 Å². The molecular weight excluding hydrogens is 302 g/mol. The molecule has 1 N–H and O–H groups in total. The van der Waals surface area contributed by atoms with Gasteiger partial charge in [-0.25, -0.2) is 4.72 Å². The molecule has 22 heavy (non-hydrogen) atoms. The molecule has 0 aromatic heterocycles. The topological polar surface area (TPSA) is 61.9 Å². The molecule has 0 aliphatic carbocycles. The average molecular weight is 325 g/mol. The Kier molecular flexibility index (Phi) is 4.67. The number of hydrogen-bond donors (Lipinski definition) is 1. The predicted molar refractivity (Wildman–Crippen MR) is 86.3 cm³/mol. The molecule has 1 aromatic rings. The third-order valence-electron chi connectivity index (χ3n) is 4.33. The maximum atomic E-state index is 12.3. The molecule has 0 radical (unpaired) electrons. The molecule has 2 aliphatic heterocycles. The minimum atomic E-state index is -3.41. The summed E-state index contributed by atoms with van der Waals surface area (Å²) in [4.78, 5) is 2.27. The summed E-state index contributed by atoms with van der Waals surface area (Å²) in [5.41, 5.74) is 2.56. The maximum absolute atomic E-state index is 12.3. The van der Waals surface area contributed by atoms with Gasteiger partial charge in [0.2, 0.25) is 0 Å². The van der Waals surface area contributed by atoms with E-state index >= 15 is 0 Å². The number of ether oxygens (including phenoxy) is 1. The Balaban J connectivity index is 1.60. The fourth-order valence-electron chi connectivity index (χ4n) is 3.04. The summed E-state index contributed by atoms with van der Waals surface area (Å²) >= 11 is 0. The number of rotatable bonds is 5. The Bertz CT molecular complexity index is 614. The molecule has 122 valence electrons. The zero-order valence-electron chi connectivity index (χ0n) is 12.9. The quantitative estimate of drug-likeness (QED) is 0.861. The summed E-state index contributed by atoms with van der Waals surface area (Å²) in [7, 11) is -3.41. The van der Waals surface area contributed by atoms with E-state index in [4.69, 9.17) is 4.74 Å². The normalized spacial score (nSPS) is 20.9. The van der Waals surface area contributed by atoms with Crippen molar-refractivity contribution in [2.24, 2.45) is 0 Å². The van der Waals surface area contributed by atoms with Crippen LogP contribution in [0.15, 0.2) is 24.3 Å². The van der Waals surface area contributed by atoms with Gasteiger partial charge in [-0.2, -0.15) is 12.7 Å². The molecule has 3 rings (SSSR count). The van der Waals surface area contributed by atoms with E-state index in [0.717, 1.165) is 13.0 Å². The summed E-state index contributed by atoms with van der Waals surface area (Å²) in [6.07, 6.45) is 1.02. The molecule has 0 bridgehead atoms. The number of para-hydroxylation sites is 1. The van der Waals surface area contributed by atoms with Gasteiger partial charge in [0.25, 0.3) is 10.2 Å². The van der Waals surface area contributed by atoms with Gasteiger partial charge in [-0.3, -0.25) is 0 Å². The summed E-state index contributed by atoms with van der Waals surface area (Å²) < 4.78 is 34.0. The van der Waals surface area contributed by atoms with Gasteiger partial charge < -0.3 is 9.64 Å². The van der Waals surface area contributed by atoms with Crippen LogP contribution < -0.4 is 9.62 Å². The Hall–Kier alpha value is -1.15. The minimum absolute atomic E-state index is 0.125. The van der Waals surface area contributed by atoms with Gasteiger partial charge in [-0.1, -0.05) is 18.2 Å². The number of morpholine rings is 1. The molecule has 1 atom stereocenters.